The number of phenolic OH excluding ortho intramolecular Hbond substituents is 1. The molecule has 162 valence electrons. The Morgan fingerprint density at radius 3 is 2.59 bits per heavy atom. The number of aliphatic hydroxyl groups excluding tert-OH is 1. The fourth-order valence-corrected chi connectivity index (χ4v) is 3.68. The van der Waals surface area contributed by atoms with E-state index < -0.39 is 23.5 Å². The number of allylic oxidation sites excluding steroid dienone is 1. The molecule has 4 rings (SSSR count). The summed E-state index contributed by atoms with van der Waals surface area (Å²) in [5, 5.41) is 20.6. The van der Waals surface area contributed by atoms with Crippen LogP contribution in [0.4, 0.5) is 0 Å². The van der Waals surface area contributed by atoms with Crippen LogP contribution in [0.5, 0.6) is 11.5 Å². The van der Waals surface area contributed by atoms with Crippen molar-refractivity contribution in [2.45, 2.75) is 12.6 Å². The molecule has 0 aliphatic carbocycles. The van der Waals surface area contributed by atoms with Crippen molar-refractivity contribution in [1.82, 2.24) is 4.90 Å². The van der Waals surface area contributed by atoms with E-state index in [2.05, 4.69) is 0 Å². The van der Waals surface area contributed by atoms with Crippen LogP contribution in [0.2, 0.25) is 0 Å². The van der Waals surface area contributed by atoms with Gasteiger partial charge in [-0.25, -0.2) is 0 Å². The van der Waals surface area contributed by atoms with Gasteiger partial charge >= 0.3 is 0 Å². The van der Waals surface area contributed by atoms with Crippen molar-refractivity contribution in [1.29, 1.82) is 0 Å². The predicted octanol–water partition coefficient (Wildman–Crippen LogP) is 4.17. The first-order valence-corrected chi connectivity index (χ1v) is 9.90. The van der Waals surface area contributed by atoms with Crippen LogP contribution in [0.3, 0.4) is 0 Å². The second kappa shape index (κ2) is 8.85. The van der Waals surface area contributed by atoms with Crippen molar-refractivity contribution < 1.29 is 29.0 Å². The highest BCUT2D eigenvalue weighted by Crippen LogP contribution is 2.41. The van der Waals surface area contributed by atoms with E-state index in [4.69, 9.17) is 9.15 Å². The lowest BCUT2D eigenvalue weighted by Crippen LogP contribution is -2.30. The SMILES string of the molecule is COc1cc([C@H]2C(C(=O)/C=C/c3ccccc3)=C(O)C(=O)N2Cc2ccco2)ccc1O. The maximum atomic E-state index is 13.1. The molecule has 0 saturated heterocycles. The van der Waals surface area contributed by atoms with Crippen molar-refractivity contribution in [3.63, 3.8) is 0 Å². The van der Waals surface area contributed by atoms with Crippen LogP contribution in [0.15, 0.2) is 88.8 Å². The van der Waals surface area contributed by atoms with Gasteiger partial charge in [0.1, 0.15) is 5.76 Å². The molecule has 3 aromatic rings. The summed E-state index contributed by atoms with van der Waals surface area (Å²) in [6.45, 7) is 0.0446. The fourth-order valence-electron chi connectivity index (χ4n) is 3.68. The molecule has 0 radical (unpaired) electrons. The summed E-state index contributed by atoms with van der Waals surface area (Å²) in [4.78, 5) is 27.4. The van der Waals surface area contributed by atoms with Gasteiger partial charge in [-0.1, -0.05) is 42.5 Å². The van der Waals surface area contributed by atoms with Crippen LogP contribution in [0.25, 0.3) is 6.08 Å². The minimum absolute atomic E-state index is 0.0446. The van der Waals surface area contributed by atoms with E-state index in [0.29, 0.717) is 11.3 Å². The average molecular weight is 431 g/mol. The quantitative estimate of drug-likeness (QED) is 0.545. The van der Waals surface area contributed by atoms with E-state index in [-0.39, 0.29) is 23.6 Å². The molecule has 1 aliphatic heterocycles. The summed E-state index contributed by atoms with van der Waals surface area (Å²) >= 11 is 0. The van der Waals surface area contributed by atoms with Crippen LogP contribution < -0.4 is 4.74 Å². The first-order chi connectivity index (χ1) is 15.5. The largest absolute Gasteiger partial charge is 0.504 e. The van der Waals surface area contributed by atoms with Crippen LogP contribution in [-0.2, 0) is 16.1 Å². The number of carbonyl (C=O) groups is 2. The summed E-state index contributed by atoms with van der Waals surface area (Å²) in [5.41, 5.74) is 1.25. The Morgan fingerprint density at radius 1 is 1.12 bits per heavy atom. The molecular formula is C25H21NO6. The molecule has 32 heavy (non-hydrogen) atoms. The topological polar surface area (TPSA) is 100 Å². The van der Waals surface area contributed by atoms with Crippen LogP contribution in [0, 0.1) is 0 Å². The molecule has 0 spiro atoms. The average Bonchev–Trinajstić information content (AvgIpc) is 3.41. The Labute approximate surface area is 184 Å². The van der Waals surface area contributed by atoms with Gasteiger partial charge in [-0.05, 0) is 41.5 Å². The lowest BCUT2D eigenvalue weighted by Gasteiger charge is -2.26. The zero-order valence-corrected chi connectivity index (χ0v) is 17.3. The number of ether oxygens (including phenoxy) is 1. The van der Waals surface area contributed by atoms with Crippen LogP contribution in [-0.4, -0.2) is 33.9 Å². The molecule has 7 heteroatoms. The number of amides is 1. The number of aliphatic hydroxyl groups is 1. The Bertz CT molecular complexity index is 1190. The molecule has 0 bridgehead atoms. The third kappa shape index (κ3) is 4.00. The highest BCUT2D eigenvalue weighted by atomic mass is 16.5. The maximum Gasteiger partial charge on any atom is 0.290 e. The van der Waals surface area contributed by atoms with Gasteiger partial charge in [-0.15, -0.1) is 0 Å². The summed E-state index contributed by atoms with van der Waals surface area (Å²) in [6.07, 6.45) is 4.43. The molecule has 1 atom stereocenters. The monoisotopic (exact) mass is 431 g/mol. The molecule has 1 aromatic heterocycles. The molecule has 1 amide bonds. The lowest BCUT2D eigenvalue weighted by molar-refractivity contribution is -0.130. The minimum Gasteiger partial charge on any atom is -0.504 e. The number of methoxy groups -OCH3 is 1. The van der Waals surface area contributed by atoms with Gasteiger partial charge in [0.25, 0.3) is 5.91 Å². The first-order valence-electron chi connectivity index (χ1n) is 9.90. The maximum absolute atomic E-state index is 13.1. The summed E-state index contributed by atoms with van der Waals surface area (Å²) in [5.74, 6) is -1.20. The second-order valence-electron chi connectivity index (χ2n) is 7.22. The number of phenols is 1. The molecule has 2 aromatic carbocycles. The van der Waals surface area contributed by atoms with Crippen molar-refractivity contribution in [3.05, 3.63) is 101 Å². The van der Waals surface area contributed by atoms with Gasteiger partial charge in [0.2, 0.25) is 0 Å². The number of hydrogen-bond acceptors (Lipinski definition) is 6. The Balaban J connectivity index is 1.75. The molecular weight excluding hydrogens is 410 g/mol. The number of rotatable bonds is 7. The van der Waals surface area contributed by atoms with E-state index >= 15 is 0 Å². The van der Waals surface area contributed by atoms with Crippen molar-refractivity contribution in [3.8, 4) is 11.5 Å². The zero-order chi connectivity index (χ0) is 22.7. The van der Waals surface area contributed by atoms with Gasteiger partial charge in [0, 0.05) is 0 Å². The van der Waals surface area contributed by atoms with Crippen LogP contribution >= 0.6 is 0 Å². The van der Waals surface area contributed by atoms with Crippen molar-refractivity contribution in [2.75, 3.05) is 7.11 Å². The number of carbonyl (C=O) groups excluding carboxylic acids is 2. The lowest BCUT2D eigenvalue weighted by atomic mass is 9.95. The van der Waals surface area contributed by atoms with Crippen molar-refractivity contribution >= 4 is 17.8 Å². The smallest absolute Gasteiger partial charge is 0.290 e. The number of nitrogens with zero attached hydrogens (tertiary/aromatic N) is 1. The van der Waals surface area contributed by atoms with Gasteiger partial charge in [0.15, 0.2) is 23.0 Å². The van der Waals surface area contributed by atoms with E-state index in [1.165, 1.54) is 36.5 Å². The van der Waals surface area contributed by atoms with Crippen molar-refractivity contribution in [2.24, 2.45) is 0 Å². The minimum atomic E-state index is -0.893. The molecule has 0 fully saturated rings. The van der Waals surface area contributed by atoms with E-state index in [1.807, 2.05) is 30.3 Å². The highest BCUT2D eigenvalue weighted by molar-refractivity contribution is 6.14. The number of aromatic hydroxyl groups is 1. The van der Waals surface area contributed by atoms with E-state index in [1.54, 1.807) is 24.3 Å². The summed E-state index contributed by atoms with van der Waals surface area (Å²) in [7, 11) is 1.40. The molecule has 7 nitrogen and oxygen atoms in total. The number of hydrogen-bond donors (Lipinski definition) is 2. The van der Waals surface area contributed by atoms with Gasteiger partial charge in [-0.3, -0.25) is 9.59 Å². The summed E-state index contributed by atoms with van der Waals surface area (Å²) in [6, 6.07) is 16.3. The van der Waals surface area contributed by atoms with E-state index in [0.717, 1.165) is 5.56 Å². The standard InChI is InChI=1S/C25H21NO6/c1-31-21-14-17(10-12-19(21)27)23-22(20(28)11-9-16-6-3-2-4-7-16)24(29)25(30)26(23)15-18-8-5-13-32-18/h2-14,23,27,29H,15H2,1H3/b11-9+/t23-/m0/s1. The second-order valence-corrected chi connectivity index (χ2v) is 7.22. The Morgan fingerprint density at radius 2 is 1.91 bits per heavy atom. The molecule has 2 N–H and O–H groups in total. The molecule has 1 aliphatic rings. The fraction of sp³-hybridized carbons (Fsp3) is 0.120. The Kier molecular flexibility index (Phi) is 5.81. The summed E-state index contributed by atoms with van der Waals surface area (Å²) < 4.78 is 10.6. The molecule has 0 unspecified atom stereocenters. The van der Waals surface area contributed by atoms with Gasteiger partial charge in [0.05, 0.1) is 31.5 Å². The number of ketones is 1. The predicted molar refractivity (Wildman–Crippen MR) is 117 cm³/mol. The molecule has 2 heterocycles. The van der Waals surface area contributed by atoms with Gasteiger partial charge in [-0.2, -0.15) is 0 Å². The number of furan rings is 1. The Hall–Kier alpha value is -4.26. The number of benzene rings is 2. The third-order valence-electron chi connectivity index (χ3n) is 5.22. The normalized spacial score (nSPS) is 16.2. The van der Waals surface area contributed by atoms with Crippen LogP contribution in [0.1, 0.15) is 22.9 Å². The zero-order valence-electron chi connectivity index (χ0n) is 17.3. The third-order valence-corrected chi connectivity index (χ3v) is 5.22. The first kappa shape index (κ1) is 21.0. The highest BCUT2D eigenvalue weighted by Gasteiger charge is 2.43. The molecule has 0 saturated carbocycles. The van der Waals surface area contributed by atoms with Gasteiger partial charge < -0.3 is 24.3 Å². The van der Waals surface area contributed by atoms with E-state index in [9.17, 15) is 19.8 Å².